The molecule has 3 rings (SSSR count). The molecule has 7 heteroatoms. The Labute approximate surface area is 151 Å². The van der Waals surface area contributed by atoms with Crippen molar-refractivity contribution >= 4 is 5.97 Å². The molecular weight excluding hydrogens is 334 g/mol. The molecule has 1 fully saturated rings. The molecule has 0 aliphatic carbocycles. The number of hydrogen-bond donors (Lipinski definition) is 0. The molecule has 0 spiro atoms. The van der Waals surface area contributed by atoms with E-state index in [9.17, 15) is 4.79 Å². The van der Waals surface area contributed by atoms with Gasteiger partial charge in [-0.25, -0.2) is 4.79 Å². The second kappa shape index (κ2) is 8.49. The molecule has 1 saturated heterocycles. The minimum atomic E-state index is -0.723. The summed E-state index contributed by atoms with van der Waals surface area (Å²) in [5.74, 6) is -0.469. The third-order valence-electron chi connectivity index (χ3n) is 4.25. The molecule has 134 valence electrons. The number of ether oxygens (including phenoxy) is 3. The number of carbonyl (C=O) groups excluding carboxylic acids is 1. The van der Waals surface area contributed by atoms with E-state index in [4.69, 9.17) is 19.7 Å². The number of hydrogen-bond acceptors (Lipinski definition) is 5. The van der Waals surface area contributed by atoms with Crippen molar-refractivity contribution in [3.8, 4) is 0 Å². The molecular formula is C19H19N3O4. The fraction of sp³-hybridized carbons (Fsp3) is 0.316. The zero-order valence-electron chi connectivity index (χ0n) is 14.3. The van der Waals surface area contributed by atoms with E-state index in [0.717, 1.165) is 5.56 Å². The van der Waals surface area contributed by atoms with Gasteiger partial charge in [0, 0.05) is 18.4 Å². The van der Waals surface area contributed by atoms with Gasteiger partial charge >= 0.3 is 5.97 Å². The molecule has 4 atom stereocenters. The van der Waals surface area contributed by atoms with Gasteiger partial charge in [-0.2, -0.15) is 0 Å². The minimum absolute atomic E-state index is 0.400. The number of rotatable bonds is 6. The van der Waals surface area contributed by atoms with Gasteiger partial charge in [0.1, 0.15) is 6.10 Å². The Hall–Kier alpha value is -2.86. The molecule has 26 heavy (non-hydrogen) atoms. The van der Waals surface area contributed by atoms with E-state index in [1.807, 2.05) is 36.4 Å². The average molecular weight is 353 g/mol. The largest absolute Gasteiger partial charge is 0.451 e. The second-order valence-corrected chi connectivity index (χ2v) is 5.88. The molecule has 1 heterocycles. The molecule has 7 nitrogen and oxygen atoms in total. The van der Waals surface area contributed by atoms with E-state index in [1.54, 1.807) is 24.3 Å². The van der Waals surface area contributed by atoms with Crippen LogP contribution in [0.5, 0.6) is 0 Å². The average Bonchev–Trinajstić information content (AvgIpc) is 3.10. The summed E-state index contributed by atoms with van der Waals surface area (Å²) in [5, 5.41) is 3.81. The first-order chi connectivity index (χ1) is 12.7. The van der Waals surface area contributed by atoms with Crippen LogP contribution in [-0.4, -0.2) is 31.5 Å². The smallest absolute Gasteiger partial charge is 0.338 e. The van der Waals surface area contributed by atoms with Crippen molar-refractivity contribution in [3.63, 3.8) is 0 Å². The first-order valence-corrected chi connectivity index (χ1v) is 8.26. The summed E-state index contributed by atoms with van der Waals surface area (Å²) in [4.78, 5) is 15.5. The predicted molar refractivity (Wildman–Crippen MR) is 94.3 cm³/mol. The van der Waals surface area contributed by atoms with E-state index >= 15 is 0 Å². The van der Waals surface area contributed by atoms with Crippen LogP contribution in [0.1, 0.15) is 28.4 Å². The maximum Gasteiger partial charge on any atom is 0.338 e. The van der Waals surface area contributed by atoms with Crippen LogP contribution in [0.3, 0.4) is 0 Å². The maximum atomic E-state index is 12.6. The highest BCUT2D eigenvalue weighted by Crippen LogP contribution is 2.35. The number of carbonyl (C=O) groups is 1. The van der Waals surface area contributed by atoms with Crippen LogP contribution in [-0.2, 0) is 14.2 Å². The molecule has 0 bridgehead atoms. The van der Waals surface area contributed by atoms with E-state index in [0.29, 0.717) is 12.0 Å². The van der Waals surface area contributed by atoms with Gasteiger partial charge in [-0.15, -0.1) is 0 Å². The van der Waals surface area contributed by atoms with Gasteiger partial charge in [-0.3, -0.25) is 0 Å². The maximum absolute atomic E-state index is 12.6. The molecule has 2 aromatic carbocycles. The Balaban J connectivity index is 1.91. The van der Waals surface area contributed by atoms with Gasteiger partial charge in [-0.1, -0.05) is 53.6 Å². The predicted octanol–water partition coefficient (Wildman–Crippen LogP) is 4.03. The van der Waals surface area contributed by atoms with E-state index < -0.39 is 30.5 Å². The number of azide groups is 1. The van der Waals surface area contributed by atoms with E-state index in [-0.39, 0.29) is 0 Å². The van der Waals surface area contributed by atoms with Gasteiger partial charge < -0.3 is 14.2 Å². The van der Waals surface area contributed by atoms with Crippen molar-refractivity contribution in [3.05, 3.63) is 82.2 Å². The lowest BCUT2D eigenvalue weighted by Crippen LogP contribution is -2.31. The Kier molecular flexibility index (Phi) is 5.86. The third kappa shape index (κ3) is 4.03. The van der Waals surface area contributed by atoms with Crippen LogP contribution in [0.4, 0.5) is 0 Å². The second-order valence-electron chi connectivity index (χ2n) is 5.88. The fourth-order valence-electron chi connectivity index (χ4n) is 2.98. The Morgan fingerprint density at radius 1 is 1.19 bits per heavy atom. The van der Waals surface area contributed by atoms with Crippen LogP contribution >= 0.6 is 0 Å². The van der Waals surface area contributed by atoms with E-state index in [1.165, 1.54) is 7.11 Å². The van der Waals surface area contributed by atoms with Gasteiger partial charge in [0.05, 0.1) is 11.6 Å². The Morgan fingerprint density at radius 3 is 2.46 bits per heavy atom. The molecule has 2 aromatic rings. The van der Waals surface area contributed by atoms with Crippen LogP contribution in [0.2, 0.25) is 0 Å². The highest BCUT2D eigenvalue weighted by atomic mass is 16.7. The Morgan fingerprint density at radius 2 is 1.85 bits per heavy atom. The van der Waals surface area contributed by atoms with Crippen molar-refractivity contribution in [2.24, 2.45) is 5.11 Å². The first kappa shape index (κ1) is 17.9. The lowest BCUT2D eigenvalue weighted by molar-refractivity contribution is -0.142. The fourth-order valence-corrected chi connectivity index (χ4v) is 2.98. The number of methoxy groups -OCH3 is 1. The van der Waals surface area contributed by atoms with Crippen molar-refractivity contribution in [1.29, 1.82) is 0 Å². The molecule has 0 amide bonds. The number of nitrogens with zero attached hydrogens (tertiary/aromatic N) is 3. The molecule has 0 radical (unpaired) electrons. The van der Waals surface area contributed by atoms with Crippen molar-refractivity contribution < 1.29 is 19.0 Å². The van der Waals surface area contributed by atoms with Gasteiger partial charge in [0.25, 0.3) is 0 Å². The molecule has 1 aliphatic rings. The van der Waals surface area contributed by atoms with Gasteiger partial charge in [-0.05, 0) is 23.2 Å². The summed E-state index contributed by atoms with van der Waals surface area (Å²) >= 11 is 0. The number of benzene rings is 2. The summed E-state index contributed by atoms with van der Waals surface area (Å²) in [6.07, 6.45) is -1.47. The molecule has 0 saturated carbocycles. The Bertz CT molecular complexity index is 778. The van der Waals surface area contributed by atoms with E-state index in [2.05, 4.69) is 10.0 Å². The van der Waals surface area contributed by atoms with Crippen molar-refractivity contribution in [1.82, 2.24) is 0 Å². The molecule has 1 aliphatic heterocycles. The van der Waals surface area contributed by atoms with Crippen LogP contribution in [0.15, 0.2) is 65.8 Å². The van der Waals surface area contributed by atoms with Gasteiger partial charge in [0.2, 0.25) is 0 Å². The summed E-state index contributed by atoms with van der Waals surface area (Å²) in [7, 11) is 1.52. The topological polar surface area (TPSA) is 93.5 Å². The standard InChI is InChI=1S/C19H19N3O4/c1-24-16-12-15(21-22-20)18(25-16)17(13-8-4-2-5-9-13)26-19(23)14-10-6-3-7-11-14/h2-11,15-18H,12H2,1H3/t15-,16?,17-,18+/m1/s1. The van der Waals surface area contributed by atoms with Crippen molar-refractivity contribution in [2.45, 2.75) is 31.0 Å². The van der Waals surface area contributed by atoms with Crippen LogP contribution in [0.25, 0.3) is 10.4 Å². The SMILES string of the molecule is COC1C[C@@H](N=[N+]=[N-])[C@@H]([C@H](OC(=O)c2ccccc2)c2ccccc2)O1. The summed E-state index contributed by atoms with van der Waals surface area (Å²) in [5.41, 5.74) is 10.1. The zero-order valence-corrected chi connectivity index (χ0v) is 14.3. The lowest BCUT2D eigenvalue weighted by atomic mass is 9.98. The quantitative estimate of drug-likeness (QED) is 0.339. The summed E-state index contributed by atoms with van der Waals surface area (Å²) < 4.78 is 16.9. The molecule has 0 N–H and O–H groups in total. The highest BCUT2D eigenvalue weighted by Gasteiger charge is 2.42. The summed E-state index contributed by atoms with van der Waals surface area (Å²) in [6, 6.07) is 17.5. The minimum Gasteiger partial charge on any atom is -0.451 e. The molecule has 0 aromatic heterocycles. The highest BCUT2D eigenvalue weighted by molar-refractivity contribution is 5.89. The summed E-state index contributed by atoms with van der Waals surface area (Å²) in [6.45, 7) is 0. The number of esters is 1. The zero-order chi connectivity index (χ0) is 18.4. The normalized spacial score (nSPS) is 23.0. The van der Waals surface area contributed by atoms with Crippen molar-refractivity contribution in [2.75, 3.05) is 7.11 Å². The van der Waals surface area contributed by atoms with Crippen LogP contribution < -0.4 is 0 Å². The monoisotopic (exact) mass is 353 g/mol. The lowest BCUT2D eigenvalue weighted by Gasteiger charge is -2.26. The van der Waals surface area contributed by atoms with Gasteiger partial charge in [0.15, 0.2) is 12.4 Å². The van der Waals surface area contributed by atoms with Crippen LogP contribution in [0, 0.1) is 0 Å². The third-order valence-corrected chi connectivity index (χ3v) is 4.25. The molecule has 1 unspecified atom stereocenters. The first-order valence-electron chi connectivity index (χ1n) is 8.26.